The van der Waals surface area contributed by atoms with E-state index in [1.54, 1.807) is 24.3 Å². The first-order valence-corrected chi connectivity index (χ1v) is 7.26. The zero-order valence-electron chi connectivity index (χ0n) is 11.1. The maximum absolute atomic E-state index is 12.1. The molecule has 0 saturated carbocycles. The molecule has 1 rings (SSSR count). The SMILES string of the molecule is C=C[C@@H](COCOC)NS(=O)(=O)c1ccc(C)cc1. The van der Waals surface area contributed by atoms with E-state index in [2.05, 4.69) is 11.3 Å². The first-order valence-electron chi connectivity index (χ1n) is 5.78. The topological polar surface area (TPSA) is 64.6 Å². The molecule has 1 aromatic carbocycles. The highest BCUT2D eigenvalue weighted by molar-refractivity contribution is 7.89. The Morgan fingerprint density at radius 1 is 1.37 bits per heavy atom. The zero-order valence-corrected chi connectivity index (χ0v) is 11.9. The van der Waals surface area contributed by atoms with Crippen molar-refractivity contribution in [2.75, 3.05) is 20.5 Å². The van der Waals surface area contributed by atoms with Crippen molar-refractivity contribution in [1.82, 2.24) is 4.72 Å². The van der Waals surface area contributed by atoms with Gasteiger partial charge in [-0.2, -0.15) is 0 Å². The Balaban J connectivity index is 2.71. The lowest BCUT2D eigenvalue weighted by atomic mass is 10.2. The highest BCUT2D eigenvalue weighted by Crippen LogP contribution is 2.10. The van der Waals surface area contributed by atoms with Crippen LogP contribution in [-0.4, -0.2) is 35.0 Å². The molecule has 0 spiro atoms. The summed E-state index contributed by atoms with van der Waals surface area (Å²) in [5, 5.41) is 0. The second-order valence-electron chi connectivity index (χ2n) is 4.05. The van der Waals surface area contributed by atoms with Crippen LogP contribution in [0.25, 0.3) is 0 Å². The van der Waals surface area contributed by atoms with Gasteiger partial charge >= 0.3 is 0 Å². The molecule has 0 fully saturated rings. The van der Waals surface area contributed by atoms with Crippen molar-refractivity contribution in [3.8, 4) is 0 Å². The minimum atomic E-state index is -3.57. The van der Waals surface area contributed by atoms with Gasteiger partial charge in [-0.1, -0.05) is 23.8 Å². The molecule has 19 heavy (non-hydrogen) atoms. The standard InChI is InChI=1S/C13H19NO4S/c1-4-12(9-18-10-17-3)14-19(15,16)13-7-5-11(2)6-8-13/h4-8,12,14H,1,9-10H2,2-3H3/t12-/m0/s1. The number of hydrogen-bond acceptors (Lipinski definition) is 4. The van der Waals surface area contributed by atoms with Crippen LogP contribution in [0.3, 0.4) is 0 Å². The zero-order chi connectivity index (χ0) is 14.3. The third kappa shape index (κ3) is 5.12. The van der Waals surface area contributed by atoms with E-state index < -0.39 is 16.1 Å². The van der Waals surface area contributed by atoms with Crippen LogP contribution >= 0.6 is 0 Å². The van der Waals surface area contributed by atoms with Crippen LogP contribution < -0.4 is 4.72 Å². The van der Waals surface area contributed by atoms with Gasteiger partial charge in [0.15, 0.2) is 0 Å². The Morgan fingerprint density at radius 3 is 2.53 bits per heavy atom. The summed E-state index contributed by atoms with van der Waals surface area (Å²) in [7, 11) is -2.07. The van der Waals surface area contributed by atoms with Gasteiger partial charge in [0.25, 0.3) is 0 Å². The highest BCUT2D eigenvalue weighted by Gasteiger charge is 2.18. The Morgan fingerprint density at radius 2 is 2.00 bits per heavy atom. The maximum Gasteiger partial charge on any atom is 0.241 e. The monoisotopic (exact) mass is 285 g/mol. The summed E-state index contributed by atoms with van der Waals surface area (Å²) in [4.78, 5) is 0.219. The van der Waals surface area contributed by atoms with E-state index >= 15 is 0 Å². The predicted molar refractivity (Wildman–Crippen MR) is 73.3 cm³/mol. The van der Waals surface area contributed by atoms with E-state index in [-0.39, 0.29) is 18.3 Å². The quantitative estimate of drug-likeness (QED) is 0.446. The number of methoxy groups -OCH3 is 1. The van der Waals surface area contributed by atoms with Crippen LogP contribution in [0.4, 0.5) is 0 Å². The molecule has 0 radical (unpaired) electrons. The van der Waals surface area contributed by atoms with Crippen molar-refractivity contribution in [3.63, 3.8) is 0 Å². The van der Waals surface area contributed by atoms with E-state index in [9.17, 15) is 8.42 Å². The Labute approximate surface area is 114 Å². The number of benzene rings is 1. The Bertz CT molecular complexity index is 496. The number of aryl methyl sites for hydroxylation is 1. The fraction of sp³-hybridized carbons (Fsp3) is 0.385. The molecule has 0 aromatic heterocycles. The van der Waals surface area contributed by atoms with E-state index in [1.807, 2.05) is 6.92 Å². The third-order valence-electron chi connectivity index (χ3n) is 2.42. The molecule has 106 valence electrons. The molecule has 0 aliphatic heterocycles. The summed E-state index contributed by atoms with van der Waals surface area (Å²) >= 11 is 0. The summed E-state index contributed by atoms with van der Waals surface area (Å²) < 4.78 is 36.6. The minimum Gasteiger partial charge on any atom is -0.359 e. The maximum atomic E-state index is 12.1. The van der Waals surface area contributed by atoms with Gasteiger partial charge in [0.1, 0.15) is 6.79 Å². The van der Waals surface area contributed by atoms with E-state index in [4.69, 9.17) is 9.47 Å². The van der Waals surface area contributed by atoms with Gasteiger partial charge in [-0.3, -0.25) is 0 Å². The number of sulfonamides is 1. The van der Waals surface area contributed by atoms with Crippen LogP contribution in [-0.2, 0) is 19.5 Å². The van der Waals surface area contributed by atoms with Gasteiger partial charge in [-0.05, 0) is 19.1 Å². The molecule has 1 atom stereocenters. The van der Waals surface area contributed by atoms with Gasteiger partial charge < -0.3 is 9.47 Å². The van der Waals surface area contributed by atoms with Gasteiger partial charge in [-0.15, -0.1) is 6.58 Å². The molecule has 6 heteroatoms. The predicted octanol–water partition coefficient (Wildman–Crippen LogP) is 1.45. The highest BCUT2D eigenvalue weighted by atomic mass is 32.2. The summed E-state index contributed by atoms with van der Waals surface area (Å²) in [5.74, 6) is 0. The lowest BCUT2D eigenvalue weighted by Gasteiger charge is -2.15. The average molecular weight is 285 g/mol. The minimum absolute atomic E-state index is 0.108. The molecular weight excluding hydrogens is 266 g/mol. The van der Waals surface area contributed by atoms with Crippen LogP contribution in [0, 0.1) is 6.92 Å². The molecule has 5 nitrogen and oxygen atoms in total. The molecule has 1 N–H and O–H groups in total. The smallest absolute Gasteiger partial charge is 0.241 e. The number of hydrogen-bond donors (Lipinski definition) is 1. The van der Waals surface area contributed by atoms with Crippen molar-refractivity contribution in [3.05, 3.63) is 42.5 Å². The van der Waals surface area contributed by atoms with Crippen LogP contribution in [0.15, 0.2) is 41.8 Å². The van der Waals surface area contributed by atoms with Crippen LogP contribution in [0.5, 0.6) is 0 Å². The van der Waals surface area contributed by atoms with Crippen LogP contribution in [0.1, 0.15) is 5.56 Å². The largest absolute Gasteiger partial charge is 0.359 e. The molecule has 0 saturated heterocycles. The fourth-order valence-electron chi connectivity index (χ4n) is 1.39. The first-order chi connectivity index (χ1) is 8.99. The van der Waals surface area contributed by atoms with Gasteiger partial charge in [0.05, 0.1) is 17.5 Å². The van der Waals surface area contributed by atoms with Crippen molar-refractivity contribution in [2.24, 2.45) is 0 Å². The molecule has 0 bridgehead atoms. The molecule has 1 aromatic rings. The number of rotatable bonds is 8. The van der Waals surface area contributed by atoms with E-state index in [0.29, 0.717) is 0 Å². The van der Waals surface area contributed by atoms with Crippen LogP contribution in [0.2, 0.25) is 0 Å². The van der Waals surface area contributed by atoms with E-state index in [0.717, 1.165) is 5.56 Å². The Hall–Kier alpha value is -1.21. The Kier molecular flexibility index (Phi) is 6.17. The number of nitrogens with one attached hydrogen (secondary N) is 1. The summed E-state index contributed by atoms with van der Waals surface area (Å²) in [6, 6.07) is 6.13. The first kappa shape index (κ1) is 15.8. The molecule has 0 aliphatic rings. The van der Waals surface area contributed by atoms with Gasteiger partial charge in [0, 0.05) is 7.11 Å². The average Bonchev–Trinajstić information content (AvgIpc) is 2.38. The normalized spacial score (nSPS) is 13.2. The fourth-order valence-corrected chi connectivity index (χ4v) is 2.59. The van der Waals surface area contributed by atoms with Crippen molar-refractivity contribution in [1.29, 1.82) is 0 Å². The summed E-state index contributed by atoms with van der Waals surface area (Å²) in [6.07, 6.45) is 1.49. The second-order valence-corrected chi connectivity index (χ2v) is 5.77. The van der Waals surface area contributed by atoms with Crippen molar-refractivity contribution in [2.45, 2.75) is 17.9 Å². The van der Waals surface area contributed by atoms with Gasteiger partial charge in [0.2, 0.25) is 10.0 Å². The second kappa shape index (κ2) is 7.40. The van der Waals surface area contributed by atoms with Crippen molar-refractivity contribution < 1.29 is 17.9 Å². The number of ether oxygens (including phenoxy) is 2. The molecule has 0 amide bonds. The summed E-state index contributed by atoms with van der Waals surface area (Å²) in [6.45, 7) is 5.76. The molecule has 0 heterocycles. The summed E-state index contributed by atoms with van der Waals surface area (Å²) in [5.41, 5.74) is 1.00. The third-order valence-corrected chi connectivity index (χ3v) is 3.93. The van der Waals surface area contributed by atoms with E-state index in [1.165, 1.54) is 13.2 Å². The molecule has 0 aliphatic carbocycles. The van der Waals surface area contributed by atoms with Gasteiger partial charge in [-0.25, -0.2) is 13.1 Å². The van der Waals surface area contributed by atoms with Crippen molar-refractivity contribution >= 4 is 10.0 Å². The molecule has 0 unspecified atom stereocenters. The lowest BCUT2D eigenvalue weighted by Crippen LogP contribution is -2.36. The molecular formula is C13H19NO4S. The lowest BCUT2D eigenvalue weighted by molar-refractivity contribution is -0.0328.